The van der Waals surface area contributed by atoms with E-state index >= 15 is 0 Å². The van der Waals surface area contributed by atoms with Crippen molar-refractivity contribution < 1.29 is 14.3 Å². The van der Waals surface area contributed by atoms with Gasteiger partial charge in [-0.05, 0) is 38.7 Å². The topological polar surface area (TPSA) is 35.5 Å². The molecule has 1 aromatic carbocycles. The van der Waals surface area contributed by atoms with Crippen LogP contribution < -0.4 is 4.74 Å². The van der Waals surface area contributed by atoms with Crippen molar-refractivity contribution in [2.24, 2.45) is 0 Å². The Hall–Kier alpha value is -1.51. The fraction of sp³-hybridized carbons (Fsp3) is 0.588. The van der Waals surface area contributed by atoms with Crippen LogP contribution in [0.2, 0.25) is 0 Å². The minimum absolute atomic E-state index is 0.0572. The third-order valence-electron chi connectivity index (χ3n) is 3.26. The van der Waals surface area contributed by atoms with E-state index in [2.05, 4.69) is 39.8 Å². The van der Waals surface area contributed by atoms with Crippen molar-refractivity contribution in [1.29, 1.82) is 0 Å². The Balaban J connectivity index is 3.35. The van der Waals surface area contributed by atoms with Crippen molar-refractivity contribution in [2.45, 2.75) is 59.5 Å². The first kappa shape index (κ1) is 16.5. The van der Waals surface area contributed by atoms with Gasteiger partial charge < -0.3 is 9.47 Å². The number of aryl methyl sites for hydroxylation is 2. The van der Waals surface area contributed by atoms with Crippen LogP contribution in [0.5, 0.6) is 5.75 Å². The number of hydrogen-bond acceptors (Lipinski definition) is 3. The third kappa shape index (κ3) is 3.53. The summed E-state index contributed by atoms with van der Waals surface area (Å²) in [6, 6.07) is 4.19. The number of carbonyl (C=O) groups is 1. The van der Waals surface area contributed by atoms with Gasteiger partial charge in [-0.2, -0.15) is 0 Å². The second kappa shape index (κ2) is 5.47. The zero-order valence-corrected chi connectivity index (χ0v) is 13.9. The summed E-state index contributed by atoms with van der Waals surface area (Å²) in [6.07, 6.45) is 0. The average Bonchev–Trinajstić information content (AvgIpc) is 2.29. The van der Waals surface area contributed by atoms with Gasteiger partial charge in [-0.25, -0.2) is 4.79 Å². The van der Waals surface area contributed by atoms with Crippen LogP contribution in [0.15, 0.2) is 12.1 Å². The highest BCUT2D eigenvalue weighted by Crippen LogP contribution is 2.37. The molecule has 0 aliphatic rings. The van der Waals surface area contributed by atoms with Gasteiger partial charge in [-0.3, -0.25) is 0 Å². The van der Waals surface area contributed by atoms with Crippen molar-refractivity contribution in [2.75, 3.05) is 7.11 Å². The van der Waals surface area contributed by atoms with Crippen LogP contribution in [0.25, 0.3) is 0 Å². The van der Waals surface area contributed by atoms with Crippen molar-refractivity contribution in [3.63, 3.8) is 0 Å². The number of hydrogen-bond donors (Lipinski definition) is 0. The summed E-state index contributed by atoms with van der Waals surface area (Å²) in [7, 11) is 1.38. The molecule has 20 heavy (non-hydrogen) atoms. The molecule has 1 aromatic rings. The maximum atomic E-state index is 11.8. The Morgan fingerprint density at radius 3 is 2.05 bits per heavy atom. The van der Waals surface area contributed by atoms with Crippen LogP contribution in [0.4, 0.5) is 0 Å². The maximum absolute atomic E-state index is 11.8. The monoisotopic (exact) mass is 278 g/mol. The van der Waals surface area contributed by atoms with E-state index in [-0.39, 0.29) is 11.4 Å². The Morgan fingerprint density at radius 1 is 1.05 bits per heavy atom. The molecule has 0 saturated carbocycles. The van der Waals surface area contributed by atoms with Crippen molar-refractivity contribution in [3.8, 4) is 5.75 Å². The first-order chi connectivity index (χ1) is 8.99. The third-order valence-corrected chi connectivity index (χ3v) is 3.26. The molecular formula is C17H26O3. The molecule has 1 rings (SSSR count). The van der Waals surface area contributed by atoms with Crippen LogP contribution in [0, 0.1) is 13.8 Å². The predicted octanol–water partition coefficient (Wildman–Crippen LogP) is 3.93. The minimum atomic E-state index is -1.01. The lowest BCUT2D eigenvalue weighted by molar-refractivity contribution is -0.156. The molecule has 0 saturated heterocycles. The summed E-state index contributed by atoms with van der Waals surface area (Å²) in [5.41, 5.74) is 2.27. The zero-order valence-electron chi connectivity index (χ0n) is 13.9. The molecule has 3 nitrogen and oxygen atoms in total. The molecule has 0 atom stereocenters. The van der Waals surface area contributed by atoms with Gasteiger partial charge in [0.05, 0.1) is 7.11 Å². The van der Waals surface area contributed by atoms with Crippen molar-refractivity contribution >= 4 is 5.97 Å². The lowest BCUT2D eigenvalue weighted by Gasteiger charge is -2.30. The highest BCUT2D eigenvalue weighted by molar-refractivity contribution is 5.79. The molecule has 0 aliphatic carbocycles. The smallest absolute Gasteiger partial charge is 0.349 e. The highest BCUT2D eigenvalue weighted by Gasteiger charge is 2.33. The lowest BCUT2D eigenvalue weighted by atomic mass is 9.84. The maximum Gasteiger partial charge on any atom is 0.349 e. The van der Waals surface area contributed by atoms with E-state index in [1.54, 1.807) is 13.8 Å². The Labute approximate surface area is 122 Å². The number of benzene rings is 1. The molecule has 0 fully saturated rings. The van der Waals surface area contributed by atoms with Gasteiger partial charge in [0.1, 0.15) is 5.75 Å². The molecule has 112 valence electrons. The van der Waals surface area contributed by atoms with E-state index in [0.717, 1.165) is 16.9 Å². The van der Waals surface area contributed by atoms with E-state index in [1.807, 2.05) is 6.92 Å². The molecule has 0 unspecified atom stereocenters. The lowest BCUT2D eigenvalue weighted by Crippen LogP contribution is -2.40. The molecular weight excluding hydrogens is 252 g/mol. The molecule has 0 spiro atoms. The normalized spacial score (nSPS) is 12.2. The first-order valence-electron chi connectivity index (χ1n) is 6.88. The largest absolute Gasteiger partial charge is 0.476 e. The second-order valence-corrected chi connectivity index (χ2v) is 6.81. The highest BCUT2D eigenvalue weighted by atomic mass is 16.6. The Morgan fingerprint density at radius 2 is 1.60 bits per heavy atom. The number of ether oxygens (including phenoxy) is 2. The molecule has 0 radical (unpaired) electrons. The van der Waals surface area contributed by atoms with Crippen LogP contribution in [-0.4, -0.2) is 18.7 Å². The number of esters is 1. The molecule has 0 amide bonds. The van der Waals surface area contributed by atoms with E-state index in [0.29, 0.717) is 0 Å². The van der Waals surface area contributed by atoms with Gasteiger partial charge in [0.15, 0.2) is 5.60 Å². The van der Waals surface area contributed by atoms with Crippen molar-refractivity contribution in [3.05, 3.63) is 28.8 Å². The number of carbonyl (C=O) groups excluding carboxylic acids is 1. The summed E-state index contributed by atoms with van der Waals surface area (Å²) in [5.74, 6) is 0.399. The summed E-state index contributed by atoms with van der Waals surface area (Å²) < 4.78 is 10.8. The molecule has 3 heteroatoms. The Kier molecular flexibility index (Phi) is 4.52. The predicted molar refractivity (Wildman–Crippen MR) is 81.3 cm³/mol. The van der Waals surface area contributed by atoms with Gasteiger partial charge in [0, 0.05) is 5.56 Å². The van der Waals surface area contributed by atoms with E-state index in [1.165, 1.54) is 12.7 Å². The quantitative estimate of drug-likeness (QED) is 0.786. The summed E-state index contributed by atoms with van der Waals surface area (Å²) >= 11 is 0. The van der Waals surface area contributed by atoms with Gasteiger partial charge in [0.25, 0.3) is 0 Å². The fourth-order valence-electron chi connectivity index (χ4n) is 2.19. The van der Waals surface area contributed by atoms with Crippen LogP contribution in [0.1, 0.15) is 51.3 Å². The van der Waals surface area contributed by atoms with Crippen LogP contribution in [0.3, 0.4) is 0 Å². The molecule has 0 bridgehead atoms. The number of rotatable bonds is 3. The van der Waals surface area contributed by atoms with Gasteiger partial charge in [0.2, 0.25) is 0 Å². The SMILES string of the molecule is COC(=O)C(C)(C)Oc1c(C)cc(C)cc1C(C)(C)C. The number of methoxy groups -OCH3 is 1. The molecule has 0 aromatic heterocycles. The summed E-state index contributed by atoms with van der Waals surface area (Å²) in [4.78, 5) is 11.8. The van der Waals surface area contributed by atoms with Crippen LogP contribution >= 0.6 is 0 Å². The first-order valence-corrected chi connectivity index (χ1v) is 6.88. The fourth-order valence-corrected chi connectivity index (χ4v) is 2.19. The molecule has 0 aliphatic heterocycles. The zero-order chi connectivity index (χ0) is 15.7. The summed E-state index contributed by atoms with van der Waals surface area (Å²) in [6.45, 7) is 13.9. The van der Waals surface area contributed by atoms with Gasteiger partial charge in [-0.15, -0.1) is 0 Å². The van der Waals surface area contributed by atoms with Gasteiger partial charge >= 0.3 is 5.97 Å². The standard InChI is InChI=1S/C17H26O3/c1-11-9-12(2)14(13(10-11)16(3,4)5)20-17(6,7)15(18)19-8/h9-10H,1-8H3. The van der Waals surface area contributed by atoms with Crippen LogP contribution in [-0.2, 0) is 14.9 Å². The van der Waals surface area contributed by atoms with E-state index < -0.39 is 5.60 Å². The van der Waals surface area contributed by atoms with E-state index in [9.17, 15) is 4.79 Å². The van der Waals surface area contributed by atoms with Gasteiger partial charge in [-0.1, -0.05) is 38.5 Å². The van der Waals surface area contributed by atoms with Crippen molar-refractivity contribution in [1.82, 2.24) is 0 Å². The second-order valence-electron chi connectivity index (χ2n) is 6.81. The molecule has 0 N–H and O–H groups in total. The Bertz CT molecular complexity index is 508. The average molecular weight is 278 g/mol. The van der Waals surface area contributed by atoms with E-state index in [4.69, 9.17) is 9.47 Å². The molecule has 0 heterocycles. The summed E-state index contributed by atoms with van der Waals surface area (Å²) in [5, 5.41) is 0. The minimum Gasteiger partial charge on any atom is -0.476 e.